The first-order valence-electron chi connectivity index (χ1n) is 5.08. The van der Waals surface area contributed by atoms with E-state index in [0.717, 1.165) is 6.42 Å². The lowest BCUT2D eigenvalue weighted by Crippen LogP contribution is -2.24. The summed E-state index contributed by atoms with van der Waals surface area (Å²) in [4.78, 5) is 0. The average Bonchev–Trinajstić information content (AvgIpc) is 2.17. The quantitative estimate of drug-likeness (QED) is 0.642. The number of aliphatic hydroxyl groups excluding tert-OH is 1. The van der Waals surface area contributed by atoms with E-state index < -0.39 is 0 Å². The fourth-order valence-electron chi connectivity index (χ4n) is 2.10. The summed E-state index contributed by atoms with van der Waals surface area (Å²) in [5.41, 5.74) is 0. The number of hydrogen-bond donors (Lipinski definition) is 1. The van der Waals surface area contributed by atoms with Gasteiger partial charge in [0.1, 0.15) is 0 Å². The van der Waals surface area contributed by atoms with Crippen LogP contribution in [0.1, 0.15) is 39.0 Å². The number of rotatable bonds is 3. The maximum absolute atomic E-state index is 9.62. The minimum Gasteiger partial charge on any atom is -0.393 e. The van der Waals surface area contributed by atoms with Gasteiger partial charge in [0, 0.05) is 0 Å². The van der Waals surface area contributed by atoms with Gasteiger partial charge in [0.25, 0.3) is 0 Å². The van der Waals surface area contributed by atoms with Gasteiger partial charge in [0.05, 0.1) is 6.10 Å². The van der Waals surface area contributed by atoms with Crippen LogP contribution in [-0.2, 0) is 0 Å². The predicted octanol–water partition coefficient (Wildman–Crippen LogP) is 2.75. The highest BCUT2D eigenvalue weighted by atomic mass is 16.3. The lowest BCUT2D eigenvalue weighted by atomic mass is 9.79. The molecule has 1 N–H and O–H groups in total. The van der Waals surface area contributed by atoms with Crippen LogP contribution in [0.4, 0.5) is 0 Å². The molecule has 0 aromatic rings. The minimum absolute atomic E-state index is 0.0595. The Morgan fingerprint density at radius 2 is 2.00 bits per heavy atom. The molecule has 1 nitrogen and oxygen atoms in total. The summed E-state index contributed by atoms with van der Waals surface area (Å²) in [6.07, 6.45) is 7.74. The van der Waals surface area contributed by atoms with E-state index >= 15 is 0 Å². The Morgan fingerprint density at radius 3 is 2.42 bits per heavy atom. The van der Waals surface area contributed by atoms with Crippen molar-refractivity contribution in [3.05, 3.63) is 12.7 Å². The first kappa shape index (κ1) is 9.79. The standard InChI is InChI=1S/C11H20O/c1-3-9-5-7-10(8-6-9)11(12)4-2/h3,9-12H,1,4-8H2,2H3. The number of allylic oxidation sites excluding steroid dienone is 1. The fraction of sp³-hybridized carbons (Fsp3) is 0.818. The lowest BCUT2D eigenvalue weighted by Gasteiger charge is -2.29. The maximum Gasteiger partial charge on any atom is 0.0565 e. The van der Waals surface area contributed by atoms with E-state index in [0.29, 0.717) is 11.8 Å². The molecule has 1 unspecified atom stereocenters. The van der Waals surface area contributed by atoms with Crippen molar-refractivity contribution in [3.8, 4) is 0 Å². The average molecular weight is 168 g/mol. The molecule has 1 saturated carbocycles. The Labute approximate surface area is 75.5 Å². The highest BCUT2D eigenvalue weighted by Gasteiger charge is 2.23. The monoisotopic (exact) mass is 168 g/mol. The van der Waals surface area contributed by atoms with E-state index in [1.807, 2.05) is 0 Å². The molecule has 1 aliphatic rings. The Bertz CT molecular complexity index is 134. The van der Waals surface area contributed by atoms with Crippen LogP contribution < -0.4 is 0 Å². The minimum atomic E-state index is -0.0595. The Morgan fingerprint density at radius 1 is 1.42 bits per heavy atom. The van der Waals surface area contributed by atoms with E-state index in [4.69, 9.17) is 0 Å². The maximum atomic E-state index is 9.62. The van der Waals surface area contributed by atoms with Crippen molar-refractivity contribution in [1.29, 1.82) is 0 Å². The van der Waals surface area contributed by atoms with E-state index in [9.17, 15) is 5.11 Å². The fourth-order valence-corrected chi connectivity index (χ4v) is 2.10. The smallest absolute Gasteiger partial charge is 0.0565 e. The molecular formula is C11H20O. The molecule has 0 amide bonds. The normalized spacial score (nSPS) is 32.8. The van der Waals surface area contributed by atoms with Crippen LogP contribution in [0.3, 0.4) is 0 Å². The van der Waals surface area contributed by atoms with Crippen molar-refractivity contribution in [2.24, 2.45) is 11.8 Å². The molecule has 1 atom stereocenters. The van der Waals surface area contributed by atoms with E-state index in [1.165, 1.54) is 25.7 Å². The molecule has 1 heteroatoms. The Hall–Kier alpha value is -0.300. The molecule has 12 heavy (non-hydrogen) atoms. The molecule has 0 aliphatic heterocycles. The Kier molecular flexibility index (Phi) is 3.80. The molecule has 1 aliphatic carbocycles. The topological polar surface area (TPSA) is 20.2 Å². The third-order valence-corrected chi connectivity index (χ3v) is 3.11. The van der Waals surface area contributed by atoms with E-state index in [-0.39, 0.29) is 6.10 Å². The molecule has 1 fully saturated rings. The van der Waals surface area contributed by atoms with Crippen molar-refractivity contribution in [2.45, 2.75) is 45.1 Å². The highest BCUT2D eigenvalue weighted by Crippen LogP contribution is 2.31. The number of aliphatic hydroxyl groups is 1. The molecule has 1 rings (SSSR count). The third-order valence-electron chi connectivity index (χ3n) is 3.11. The van der Waals surface area contributed by atoms with Crippen molar-refractivity contribution in [2.75, 3.05) is 0 Å². The van der Waals surface area contributed by atoms with Gasteiger partial charge in [-0.3, -0.25) is 0 Å². The van der Waals surface area contributed by atoms with E-state index in [1.54, 1.807) is 0 Å². The zero-order valence-corrected chi connectivity index (χ0v) is 8.00. The molecule has 70 valence electrons. The molecule has 0 spiro atoms. The van der Waals surface area contributed by atoms with Gasteiger partial charge in [0.2, 0.25) is 0 Å². The van der Waals surface area contributed by atoms with Crippen LogP contribution in [0.2, 0.25) is 0 Å². The summed E-state index contributed by atoms with van der Waals surface area (Å²) in [5, 5.41) is 9.62. The van der Waals surface area contributed by atoms with Gasteiger partial charge in [-0.2, -0.15) is 0 Å². The van der Waals surface area contributed by atoms with Crippen LogP contribution in [0.25, 0.3) is 0 Å². The lowest BCUT2D eigenvalue weighted by molar-refractivity contribution is 0.0754. The molecule has 0 bridgehead atoms. The molecular weight excluding hydrogens is 148 g/mol. The van der Waals surface area contributed by atoms with Gasteiger partial charge in [-0.1, -0.05) is 13.0 Å². The summed E-state index contributed by atoms with van der Waals surface area (Å²) >= 11 is 0. The number of hydrogen-bond acceptors (Lipinski definition) is 1. The molecule has 0 radical (unpaired) electrons. The molecule has 0 aromatic carbocycles. The van der Waals surface area contributed by atoms with Gasteiger partial charge in [-0.15, -0.1) is 6.58 Å². The van der Waals surface area contributed by atoms with Crippen LogP contribution in [0, 0.1) is 11.8 Å². The van der Waals surface area contributed by atoms with Crippen LogP contribution >= 0.6 is 0 Å². The zero-order chi connectivity index (χ0) is 8.97. The van der Waals surface area contributed by atoms with Crippen molar-refractivity contribution in [1.82, 2.24) is 0 Å². The first-order valence-corrected chi connectivity index (χ1v) is 5.08. The molecule has 0 aromatic heterocycles. The van der Waals surface area contributed by atoms with Crippen LogP contribution in [0.15, 0.2) is 12.7 Å². The van der Waals surface area contributed by atoms with Gasteiger partial charge < -0.3 is 5.11 Å². The van der Waals surface area contributed by atoms with Gasteiger partial charge in [-0.25, -0.2) is 0 Å². The zero-order valence-electron chi connectivity index (χ0n) is 8.00. The SMILES string of the molecule is C=CC1CCC(C(O)CC)CC1. The second-order valence-corrected chi connectivity index (χ2v) is 3.89. The largest absolute Gasteiger partial charge is 0.393 e. The summed E-state index contributed by atoms with van der Waals surface area (Å²) in [6.45, 7) is 5.87. The second-order valence-electron chi connectivity index (χ2n) is 3.89. The third kappa shape index (κ3) is 2.34. The molecule has 0 heterocycles. The Balaban J connectivity index is 2.30. The predicted molar refractivity (Wildman–Crippen MR) is 51.9 cm³/mol. The van der Waals surface area contributed by atoms with Crippen molar-refractivity contribution >= 4 is 0 Å². The summed E-state index contributed by atoms with van der Waals surface area (Å²) < 4.78 is 0. The van der Waals surface area contributed by atoms with Gasteiger partial charge in [0.15, 0.2) is 0 Å². The summed E-state index contributed by atoms with van der Waals surface area (Å²) in [5.74, 6) is 1.27. The highest BCUT2D eigenvalue weighted by molar-refractivity contribution is 4.85. The summed E-state index contributed by atoms with van der Waals surface area (Å²) in [6, 6.07) is 0. The van der Waals surface area contributed by atoms with Crippen LogP contribution in [0.5, 0.6) is 0 Å². The first-order chi connectivity index (χ1) is 5.77. The summed E-state index contributed by atoms with van der Waals surface area (Å²) in [7, 11) is 0. The van der Waals surface area contributed by atoms with Crippen molar-refractivity contribution < 1.29 is 5.11 Å². The van der Waals surface area contributed by atoms with Crippen molar-refractivity contribution in [3.63, 3.8) is 0 Å². The van der Waals surface area contributed by atoms with E-state index in [2.05, 4.69) is 19.6 Å². The second kappa shape index (κ2) is 4.66. The molecule has 0 saturated heterocycles. The van der Waals surface area contributed by atoms with Gasteiger partial charge in [-0.05, 0) is 43.9 Å². The van der Waals surface area contributed by atoms with Crippen LogP contribution in [-0.4, -0.2) is 11.2 Å². The van der Waals surface area contributed by atoms with Gasteiger partial charge >= 0.3 is 0 Å².